The number of anilines is 1. The predicted molar refractivity (Wildman–Crippen MR) is 158 cm³/mol. The lowest BCUT2D eigenvalue weighted by molar-refractivity contribution is -0.132. The van der Waals surface area contributed by atoms with E-state index in [2.05, 4.69) is 34.5 Å². The van der Waals surface area contributed by atoms with E-state index in [4.69, 9.17) is 4.74 Å². The summed E-state index contributed by atoms with van der Waals surface area (Å²) in [7, 11) is 1.33. The van der Waals surface area contributed by atoms with Gasteiger partial charge in [-0.25, -0.2) is 4.39 Å². The fraction of sp³-hybridized carbons (Fsp3) is 0.0968. The molecule has 5 aromatic rings. The van der Waals surface area contributed by atoms with Crippen LogP contribution in [0.5, 0.6) is 5.75 Å². The van der Waals surface area contributed by atoms with E-state index in [1.807, 2.05) is 24.3 Å². The summed E-state index contributed by atoms with van der Waals surface area (Å²) in [6.07, 6.45) is 0. The van der Waals surface area contributed by atoms with Gasteiger partial charge in [-0.05, 0) is 40.1 Å². The molecule has 2 heterocycles. The van der Waals surface area contributed by atoms with Gasteiger partial charge in [0.1, 0.15) is 5.76 Å². The highest BCUT2D eigenvalue weighted by molar-refractivity contribution is 8.00. The number of carbonyl (C=O) groups is 2. The first kappa shape index (κ1) is 26.7. The number of ether oxygens (including phenoxy) is 1. The van der Waals surface area contributed by atoms with Crippen molar-refractivity contribution in [2.45, 2.75) is 16.1 Å². The first-order chi connectivity index (χ1) is 20.0. The minimum atomic E-state index is -0.981. The molecule has 4 aromatic carbocycles. The quantitative estimate of drug-likeness (QED) is 0.0744. The van der Waals surface area contributed by atoms with Crippen molar-refractivity contribution in [3.63, 3.8) is 0 Å². The maximum Gasteiger partial charge on any atom is 0.301 e. The predicted octanol–water partition coefficient (Wildman–Crippen LogP) is 6.76. The summed E-state index contributed by atoms with van der Waals surface area (Å²) >= 11 is 2.67. The molecule has 0 unspecified atom stereocenters. The lowest BCUT2D eigenvalue weighted by Crippen LogP contribution is -2.29. The summed E-state index contributed by atoms with van der Waals surface area (Å²) < 4.78 is 20.1. The smallest absolute Gasteiger partial charge is 0.301 e. The van der Waals surface area contributed by atoms with Gasteiger partial charge in [0.15, 0.2) is 15.9 Å². The molecule has 1 aromatic heterocycles. The average Bonchev–Trinajstić information content (AvgIpc) is 3.57. The molecule has 0 radical (unpaired) electrons. The number of nitrogens with zero attached hydrogens (tertiary/aromatic N) is 3. The van der Waals surface area contributed by atoms with Crippen LogP contribution < -0.4 is 9.64 Å². The van der Waals surface area contributed by atoms with Gasteiger partial charge < -0.3 is 9.84 Å². The Morgan fingerprint density at radius 1 is 1.00 bits per heavy atom. The van der Waals surface area contributed by atoms with Gasteiger partial charge >= 0.3 is 5.91 Å². The highest BCUT2D eigenvalue weighted by Crippen LogP contribution is 2.44. The average molecular weight is 584 g/mol. The number of Topliss-reactive ketones (excluding diaryl/α,β-unsaturated/α-hetero) is 1. The number of ketones is 1. The van der Waals surface area contributed by atoms with Crippen LogP contribution in [0.2, 0.25) is 0 Å². The van der Waals surface area contributed by atoms with Crippen LogP contribution in [-0.4, -0.2) is 34.1 Å². The Morgan fingerprint density at radius 2 is 1.76 bits per heavy atom. The van der Waals surface area contributed by atoms with E-state index in [0.717, 1.165) is 22.4 Å². The second-order valence-corrected chi connectivity index (χ2v) is 11.4. The lowest BCUT2D eigenvalue weighted by Gasteiger charge is -2.22. The largest absolute Gasteiger partial charge is 0.507 e. The van der Waals surface area contributed by atoms with Crippen molar-refractivity contribution in [1.29, 1.82) is 0 Å². The molecule has 204 valence electrons. The zero-order valence-corrected chi connectivity index (χ0v) is 23.3. The molecule has 0 aliphatic carbocycles. The van der Waals surface area contributed by atoms with Crippen LogP contribution in [0, 0.1) is 5.82 Å². The molecule has 10 heteroatoms. The summed E-state index contributed by atoms with van der Waals surface area (Å²) in [6.45, 7) is 0. The van der Waals surface area contributed by atoms with Gasteiger partial charge in [-0.1, -0.05) is 95.9 Å². The normalized spacial score (nSPS) is 16.4. The Hall–Kier alpha value is -4.54. The van der Waals surface area contributed by atoms with Crippen LogP contribution >= 0.6 is 23.1 Å². The molecule has 1 amide bonds. The van der Waals surface area contributed by atoms with Crippen molar-refractivity contribution in [2.75, 3.05) is 12.0 Å². The monoisotopic (exact) mass is 583 g/mol. The summed E-state index contributed by atoms with van der Waals surface area (Å²) in [4.78, 5) is 28.0. The van der Waals surface area contributed by atoms with Crippen LogP contribution in [0.3, 0.4) is 0 Å². The van der Waals surface area contributed by atoms with Crippen LogP contribution in [-0.2, 0) is 15.3 Å². The van der Waals surface area contributed by atoms with Gasteiger partial charge in [0.05, 0.1) is 18.7 Å². The lowest BCUT2D eigenvalue weighted by atomic mass is 9.95. The van der Waals surface area contributed by atoms with Crippen molar-refractivity contribution >= 4 is 56.5 Å². The molecule has 1 fully saturated rings. The second-order valence-electron chi connectivity index (χ2n) is 9.21. The van der Waals surface area contributed by atoms with Crippen LogP contribution in [0.4, 0.5) is 9.52 Å². The number of methoxy groups -OCH3 is 1. The molecule has 6 rings (SSSR count). The third-order valence-electron chi connectivity index (χ3n) is 6.82. The van der Waals surface area contributed by atoms with Crippen LogP contribution in [0.1, 0.15) is 22.7 Å². The summed E-state index contributed by atoms with van der Waals surface area (Å²) in [6, 6.07) is 26.0. The number of halogens is 1. The first-order valence-electron chi connectivity index (χ1n) is 12.6. The first-order valence-corrected chi connectivity index (χ1v) is 14.4. The SMILES string of the molecule is COc1ccc(C(O)=C2C(=O)C(=O)N(c3nnc(SCc4cccc5ccccc45)s3)[C@H]2c2ccccc2)cc1F. The molecule has 0 bridgehead atoms. The topological polar surface area (TPSA) is 92.6 Å². The van der Waals surface area contributed by atoms with Crippen molar-refractivity contribution in [3.05, 3.63) is 119 Å². The molecule has 1 aliphatic rings. The Balaban J connectivity index is 1.36. The third-order valence-corrected chi connectivity index (χ3v) is 8.92. The maximum atomic E-state index is 14.5. The standard InChI is InChI=1S/C31H22FN3O4S2/c1-39-24-15-14-20(16-23(24)32)27(36)25-26(19-9-3-2-4-10-19)35(29(38)28(25)37)30-33-34-31(41-30)40-17-21-12-7-11-18-8-5-6-13-22(18)21/h2-16,26,36H,17H2,1H3/t26-/m0/s1. The summed E-state index contributed by atoms with van der Waals surface area (Å²) in [5, 5.41) is 22.3. The van der Waals surface area contributed by atoms with E-state index in [9.17, 15) is 19.1 Å². The highest BCUT2D eigenvalue weighted by Gasteiger charge is 2.48. The van der Waals surface area contributed by atoms with E-state index < -0.39 is 29.3 Å². The molecular formula is C31H22FN3O4S2. The molecule has 1 atom stereocenters. The number of thioether (sulfide) groups is 1. The van der Waals surface area contributed by atoms with E-state index in [-0.39, 0.29) is 22.0 Å². The van der Waals surface area contributed by atoms with Crippen molar-refractivity contribution in [1.82, 2.24) is 10.2 Å². The minimum absolute atomic E-state index is 0.0102. The van der Waals surface area contributed by atoms with Gasteiger partial charge in [0.25, 0.3) is 5.78 Å². The van der Waals surface area contributed by atoms with E-state index in [0.29, 0.717) is 15.7 Å². The number of aliphatic hydroxyl groups is 1. The van der Waals surface area contributed by atoms with Gasteiger partial charge in [-0.3, -0.25) is 14.5 Å². The molecule has 0 saturated carbocycles. The van der Waals surface area contributed by atoms with Gasteiger partial charge in [-0.2, -0.15) is 0 Å². The molecule has 0 spiro atoms. The van der Waals surface area contributed by atoms with Gasteiger partial charge in [0.2, 0.25) is 5.13 Å². The maximum absolute atomic E-state index is 14.5. The summed E-state index contributed by atoms with van der Waals surface area (Å²) in [5.41, 5.74) is 1.61. The summed E-state index contributed by atoms with van der Waals surface area (Å²) in [5.74, 6) is -2.32. The molecule has 7 nitrogen and oxygen atoms in total. The number of amides is 1. The van der Waals surface area contributed by atoms with Crippen molar-refractivity contribution < 1.29 is 23.8 Å². The Bertz CT molecular complexity index is 1820. The van der Waals surface area contributed by atoms with E-state index >= 15 is 0 Å². The molecule has 1 N–H and O–H groups in total. The van der Waals surface area contributed by atoms with Crippen molar-refractivity contribution in [2.24, 2.45) is 0 Å². The Kier molecular flexibility index (Phi) is 7.25. The molecule has 1 aliphatic heterocycles. The van der Waals surface area contributed by atoms with E-state index in [1.54, 1.807) is 24.3 Å². The molecule has 41 heavy (non-hydrogen) atoms. The molecular weight excluding hydrogens is 561 g/mol. The van der Waals surface area contributed by atoms with Gasteiger partial charge in [0, 0.05) is 11.3 Å². The zero-order valence-electron chi connectivity index (χ0n) is 21.7. The number of fused-ring (bicyclic) bond motifs is 1. The number of carbonyl (C=O) groups excluding carboxylic acids is 2. The fourth-order valence-corrected chi connectivity index (χ4v) is 6.74. The second kappa shape index (κ2) is 11.1. The number of rotatable bonds is 7. The van der Waals surface area contributed by atoms with Crippen LogP contribution in [0.25, 0.3) is 16.5 Å². The minimum Gasteiger partial charge on any atom is -0.507 e. The number of benzene rings is 4. The number of hydrogen-bond acceptors (Lipinski definition) is 8. The zero-order chi connectivity index (χ0) is 28.5. The third kappa shape index (κ3) is 4.96. The highest BCUT2D eigenvalue weighted by atomic mass is 32.2. The Morgan fingerprint density at radius 3 is 2.54 bits per heavy atom. The molecule has 1 saturated heterocycles. The fourth-order valence-electron chi connectivity index (χ4n) is 4.87. The number of aromatic nitrogens is 2. The van der Waals surface area contributed by atoms with Gasteiger partial charge in [-0.15, -0.1) is 10.2 Å². The van der Waals surface area contributed by atoms with Crippen LogP contribution in [0.15, 0.2) is 101 Å². The Labute approximate surface area is 242 Å². The number of hydrogen-bond donors (Lipinski definition) is 1. The van der Waals surface area contributed by atoms with Crippen molar-refractivity contribution in [3.8, 4) is 5.75 Å². The van der Waals surface area contributed by atoms with E-state index in [1.165, 1.54) is 47.2 Å². The number of aliphatic hydroxyl groups excluding tert-OH is 1.